The molecule has 0 fully saturated rings. The second-order valence-electron chi connectivity index (χ2n) is 5.89. The minimum absolute atomic E-state index is 0.461. The smallest absolute Gasteiger partial charge is 0.0298 e. The molecule has 0 N–H and O–H groups in total. The highest BCUT2D eigenvalue weighted by Gasteiger charge is 2.34. The monoisotopic (exact) mass is 184 g/mol. The van der Waals surface area contributed by atoms with Crippen LogP contribution in [-0.4, -0.2) is 0 Å². The van der Waals surface area contributed by atoms with Crippen LogP contribution in [0.3, 0.4) is 0 Å². The highest BCUT2D eigenvalue weighted by atomic mass is 14.4. The van der Waals surface area contributed by atoms with Gasteiger partial charge in [-0.3, -0.25) is 0 Å². The fraction of sp³-hybridized carbons (Fsp3) is 1.00. The van der Waals surface area contributed by atoms with Gasteiger partial charge in [-0.25, -0.2) is 0 Å². The van der Waals surface area contributed by atoms with Gasteiger partial charge in [0, 0.05) is 0 Å². The Morgan fingerprint density at radius 2 is 0.846 bits per heavy atom. The quantitative estimate of drug-likeness (QED) is 0.599. The van der Waals surface area contributed by atoms with E-state index in [4.69, 9.17) is 0 Å². The van der Waals surface area contributed by atoms with E-state index in [1.54, 1.807) is 0 Å². The summed E-state index contributed by atoms with van der Waals surface area (Å²) in [5.74, 6) is 3.17. The third-order valence-electron chi connectivity index (χ3n) is 4.35. The van der Waals surface area contributed by atoms with Gasteiger partial charge in [0.05, 0.1) is 0 Å². The molecule has 0 aliphatic heterocycles. The van der Waals surface area contributed by atoms with Gasteiger partial charge in [-0.05, 0) is 29.1 Å². The molecule has 0 aromatic heterocycles. The Morgan fingerprint density at radius 1 is 0.615 bits per heavy atom. The zero-order valence-corrected chi connectivity index (χ0v) is 10.8. The Morgan fingerprint density at radius 3 is 1.00 bits per heavy atom. The van der Waals surface area contributed by atoms with Gasteiger partial charge in [0.1, 0.15) is 0 Å². The Hall–Kier alpha value is 0. The van der Waals surface area contributed by atoms with Crippen LogP contribution in [0.5, 0.6) is 0 Å². The Kier molecular flexibility index (Phi) is 4.48. The van der Waals surface area contributed by atoms with Gasteiger partial charge < -0.3 is 0 Å². The summed E-state index contributed by atoms with van der Waals surface area (Å²) in [7, 11) is 0. The molecule has 0 aromatic rings. The molecule has 0 rings (SSSR count). The van der Waals surface area contributed by atoms with Crippen molar-refractivity contribution < 1.29 is 0 Å². The molecule has 0 heterocycles. The molecule has 0 amide bonds. The van der Waals surface area contributed by atoms with Crippen LogP contribution in [0.4, 0.5) is 0 Å². The predicted octanol–water partition coefficient (Wildman–Crippen LogP) is 4.60. The summed E-state index contributed by atoms with van der Waals surface area (Å²) < 4.78 is 0. The van der Waals surface area contributed by atoms with Crippen molar-refractivity contribution in [2.24, 2.45) is 29.1 Å². The molecule has 2 unspecified atom stereocenters. The zero-order valence-electron chi connectivity index (χ0n) is 10.8. The summed E-state index contributed by atoms with van der Waals surface area (Å²) in [6.45, 7) is 19.0. The van der Waals surface area contributed by atoms with Crippen LogP contribution in [-0.2, 0) is 0 Å². The van der Waals surface area contributed by atoms with Crippen molar-refractivity contribution in [3.8, 4) is 0 Å². The molecule has 0 aliphatic carbocycles. The molecule has 0 nitrogen and oxygen atoms in total. The topological polar surface area (TPSA) is 0 Å². The normalized spacial score (nSPS) is 18.0. The molecule has 80 valence electrons. The second kappa shape index (κ2) is 4.48. The molecule has 13 heavy (non-hydrogen) atoms. The molecule has 0 heteroatoms. The first-order chi connectivity index (χ1) is 5.71. The third kappa shape index (κ3) is 3.00. The summed E-state index contributed by atoms with van der Waals surface area (Å²) in [5, 5.41) is 0. The average molecular weight is 184 g/mol. The first-order valence-corrected chi connectivity index (χ1v) is 5.71. The largest absolute Gasteiger partial charge is 0.0625 e. The van der Waals surface area contributed by atoms with Gasteiger partial charge in [0.15, 0.2) is 0 Å². The Labute approximate surface area is 85.1 Å². The SMILES string of the molecule is CC(C)C(C)C(C)(C)C(C)C(C)C. The van der Waals surface area contributed by atoms with E-state index in [2.05, 4.69) is 55.4 Å². The van der Waals surface area contributed by atoms with E-state index in [0.717, 1.165) is 23.7 Å². The lowest BCUT2D eigenvalue weighted by Crippen LogP contribution is -2.34. The average Bonchev–Trinajstić information content (AvgIpc) is 2.01. The van der Waals surface area contributed by atoms with Crippen molar-refractivity contribution in [3.63, 3.8) is 0 Å². The van der Waals surface area contributed by atoms with E-state index in [9.17, 15) is 0 Å². The molecule has 0 aromatic carbocycles. The molecule has 2 atom stereocenters. The van der Waals surface area contributed by atoms with Crippen molar-refractivity contribution in [1.82, 2.24) is 0 Å². The van der Waals surface area contributed by atoms with Gasteiger partial charge in [-0.15, -0.1) is 0 Å². The van der Waals surface area contributed by atoms with Crippen molar-refractivity contribution in [1.29, 1.82) is 0 Å². The summed E-state index contributed by atoms with van der Waals surface area (Å²) in [6, 6.07) is 0. The highest BCUT2D eigenvalue weighted by Crippen LogP contribution is 2.42. The molecular formula is C13H28. The van der Waals surface area contributed by atoms with Crippen molar-refractivity contribution in [2.45, 2.75) is 55.4 Å². The van der Waals surface area contributed by atoms with E-state index >= 15 is 0 Å². The lowest BCUT2D eigenvalue weighted by Gasteiger charge is -2.42. The maximum atomic E-state index is 2.42. The summed E-state index contributed by atoms with van der Waals surface area (Å²) in [6.07, 6.45) is 0. The zero-order chi connectivity index (χ0) is 10.8. The van der Waals surface area contributed by atoms with Crippen LogP contribution in [0.1, 0.15) is 55.4 Å². The maximum absolute atomic E-state index is 2.42. The van der Waals surface area contributed by atoms with Crippen LogP contribution in [0.2, 0.25) is 0 Å². The molecule has 0 bridgehead atoms. The lowest BCUT2D eigenvalue weighted by molar-refractivity contribution is 0.0733. The minimum atomic E-state index is 0.461. The van der Waals surface area contributed by atoms with Crippen LogP contribution >= 0.6 is 0 Å². The number of hydrogen-bond donors (Lipinski definition) is 0. The Bertz CT molecular complexity index is 126. The molecular weight excluding hydrogens is 156 g/mol. The van der Waals surface area contributed by atoms with Gasteiger partial charge in [0.25, 0.3) is 0 Å². The third-order valence-corrected chi connectivity index (χ3v) is 4.35. The van der Waals surface area contributed by atoms with Gasteiger partial charge >= 0.3 is 0 Å². The maximum Gasteiger partial charge on any atom is -0.0298 e. The van der Waals surface area contributed by atoms with E-state index in [-0.39, 0.29) is 0 Å². The number of rotatable bonds is 4. The lowest BCUT2D eigenvalue weighted by atomic mass is 9.64. The summed E-state index contributed by atoms with van der Waals surface area (Å²) in [5.41, 5.74) is 0.461. The van der Waals surface area contributed by atoms with Crippen LogP contribution in [0, 0.1) is 29.1 Å². The van der Waals surface area contributed by atoms with Gasteiger partial charge in [0.2, 0.25) is 0 Å². The van der Waals surface area contributed by atoms with E-state index < -0.39 is 0 Å². The van der Waals surface area contributed by atoms with Crippen LogP contribution in [0.15, 0.2) is 0 Å². The van der Waals surface area contributed by atoms with Crippen LogP contribution in [0.25, 0.3) is 0 Å². The second-order valence-corrected chi connectivity index (χ2v) is 5.89. The van der Waals surface area contributed by atoms with E-state index in [1.807, 2.05) is 0 Å². The van der Waals surface area contributed by atoms with Crippen molar-refractivity contribution in [2.75, 3.05) is 0 Å². The summed E-state index contributed by atoms with van der Waals surface area (Å²) in [4.78, 5) is 0. The molecule has 0 radical (unpaired) electrons. The van der Waals surface area contributed by atoms with Gasteiger partial charge in [-0.1, -0.05) is 55.4 Å². The van der Waals surface area contributed by atoms with Crippen molar-refractivity contribution in [3.05, 3.63) is 0 Å². The van der Waals surface area contributed by atoms with Crippen molar-refractivity contribution >= 4 is 0 Å². The molecule has 0 saturated carbocycles. The fourth-order valence-electron chi connectivity index (χ4n) is 2.13. The van der Waals surface area contributed by atoms with Crippen LogP contribution < -0.4 is 0 Å². The Balaban J connectivity index is 4.54. The first kappa shape index (κ1) is 13.0. The standard InChI is InChI=1S/C13H28/c1-9(2)11(5)13(7,8)12(6)10(3)4/h9-12H,1-8H3. The van der Waals surface area contributed by atoms with E-state index in [1.165, 1.54) is 0 Å². The first-order valence-electron chi connectivity index (χ1n) is 5.71. The predicted molar refractivity (Wildman–Crippen MR) is 61.8 cm³/mol. The van der Waals surface area contributed by atoms with E-state index in [0.29, 0.717) is 5.41 Å². The highest BCUT2D eigenvalue weighted by molar-refractivity contribution is 4.83. The molecule has 0 spiro atoms. The molecule has 0 aliphatic rings. The van der Waals surface area contributed by atoms with Gasteiger partial charge in [-0.2, -0.15) is 0 Å². The summed E-state index contributed by atoms with van der Waals surface area (Å²) >= 11 is 0. The molecule has 0 saturated heterocycles. The minimum Gasteiger partial charge on any atom is -0.0625 e. The number of hydrogen-bond acceptors (Lipinski definition) is 0. The fourth-order valence-corrected chi connectivity index (χ4v) is 2.13.